The summed E-state index contributed by atoms with van der Waals surface area (Å²) in [6.07, 6.45) is 3.86. The number of carbonyl (C=O) groups is 1. The van der Waals surface area contributed by atoms with Crippen molar-refractivity contribution in [2.45, 2.75) is 39.3 Å². The summed E-state index contributed by atoms with van der Waals surface area (Å²) in [6, 6.07) is 2.10. The van der Waals surface area contributed by atoms with E-state index in [4.69, 9.17) is 4.74 Å². The van der Waals surface area contributed by atoms with Crippen LogP contribution in [0.3, 0.4) is 0 Å². The Balaban J connectivity index is 2.06. The number of amides is 1. The molecule has 1 aromatic heterocycles. The van der Waals surface area contributed by atoms with Gasteiger partial charge in [-0.15, -0.1) is 0 Å². The summed E-state index contributed by atoms with van der Waals surface area (Å²) in [5, 5.41) is 3.14. The molecule has 2 atom stereocenters. The zero-order valence-corrected chi connectivity index (χ0v) is 13.1. The summed E-state index contributed by atoms with van der Waals surface area (Å²) >= 11 is 3.44. The molecule has 1 aromatic rings. The van der Waals surface area contributed by atoms with Crippen LogP contribution in [0.15, 0.2) is 16.7 Å². The van der Waals surface area contributed by atoms with Crippen LogP contribution in [-0.2, 0) is 11.3 Å². The van der Waals surface area contributed by atoms with Crippen molar-refractivity contribution in [3.63, 3.8) is 0 Å². The number of carbonyl (C=O) groups excluding carboxylic acids is 1. The van der Waals surface area contributed by atoms with Gasteiger partial charge < -0.3 is 14.6 Å². The van der Waals surface area contributed by atoms with Gasteiger partial charge in [-0.05, 0) is 40.8 Å². The van der Waals surface area contributed by atoms with Crippen molar-refractivity contribution < 1.29 is 9.53 Å². The lowest BCUT2D eigenvalue weighted by Crippen LogP contribution is -2.44. The number of rotatable bonds is 4. The minimum atomic E-state index is 0.0119. The van der Waals surface area contributed by atoms with Crippen molar-refractivity contribution in [1.82, 2.24) is 9.88 Å². The summed E-state index contributed by atoms with van der Waals surface area (Å²) in [4.78, 5) is 12.4. The lowest BCUT2D eigenvalue weighted by atomic mass is 9.98. The summed E-state index contributed by atoms with van der Waals surface area (Å²) in [7, 11) is 0. The van der Waals surface area contributed by atoms with Crippen molar-refractivity contribution >= 4 is 21.8 Å². The van der Waals surface area contributed by atoms with Crippen LogP contribution >= 0.6 is 15.9 Å². The maximum absolute atomic E-state index is 12.4. The van der Waals surface area contributed by atoms with Crippen molar-refractivity contribution in [2.75, 3.05) is 13.2 Å². The van der Waals surface area contributed by atoms with E-state index in [9.17, 15) is 4.79 Å². The van der Waals surface area contributed by atoms with Gasteiger partial charge in [-0.1, -0.05) is 13.8 Å². The van der Waals surface area contributed by atoms with Gasteiger partial charge in [0.15, 0.2) is 0 Å². The maximum Gasteiger partial charge on any atom is 0.268 e. The predicted molar refractivity (Wildman–Crippen MR) is 78.3 cm³/mol. The first kappa shape index (κ1) is 14.6. The molecule has 1 saturated heterocycles. The molecule has 1 N–H and O–H groups in total. The minimum Gasteiger partial charge on any atom is -0.381 e. The SMILES string of the molecule is CCCn1cc(Br)cc1C(=O)NC1CCOCC1C. The standard InChI is InChI=1S/C14H21BrN2O2/c1-3-5-17-8-11(15)7-13(17)14(18)16-12-4-6-19-9-10(12)2/h7-8,10,12H,3-6,9H2,1-2H3,(H,16,18). The first-order valence-corrected chi connectivity index (χ1v) is 7.65. The number of ether oxygens (including phenoxy) is 1. The van der Waals surface area contributed by atoms with E-state index in [0.717, 1.165) is 42.8 Å². The van der Waals surface area contributed by atoms with Crippen molar-refractivity contribution in [3.8, 4) is 0 Å². The highest BCUT2D eigenvalue weighted by molar-refractivity contribution is 9.10. The Labute approximate surface area is 122 Å². The molecule has 2 unspecified atom stereocenters. The zero-order valence-electron chi connectivity index (χ0n) is 11.5. The Hall–Kier alpha value is -0.810. The third-order valence-electron chi connectivity index (χ3n) is 3.52. The second-order valence-electron chi connectivity index (χ2n) is 5.16. The van der Waals surface area contributed by atoms with Crippen LogP contribution in [0, 0.1) is 5.92 Å². The molecule has 0 aromatic carbocycles. The van der Waals surface area contributed by atoms with Gasteiger partial charge in [0.1, 0.15) is 5.69 Å². The fourth-order valence-electron chi connectivity index (χ4n) is 2.43. The fourth-order valence-corrected chi connectivity index (χ4v) is 2.89. The van der Waals surface area contributed by atoms with Crippen molar-refractivity contribution in [3.05, 3.63) is 22.4 Å². The van der Waals surface area contributed by atoms with Crippen LogP contribution < -0.4 is 5.32 Å². The second kappa shape index (κ2) is 6.57. The Bertz CT molecular complexity index is 445. The Morgan fingerprint density at radius 2 is 2.42 bits per heavy atom. The average molecular weight is 329 g/mol. The van der Waals surface area contributed by atoms with E-state index in [1.807, 2.05) is 16.8 Å². The molecule has 0 aliphatic carbocycles. The molecule has 0 saturated carbocycles. The van der Waals surface area contributed by atoms with Crippen LogP contribution in [0.4, 0.5) is 0 Å². The number of halogens is 1. The normalized spacial score (nSPS) is 23.3. The van der Waals surface area contributed by atoms with Gasteiger partial charge in [-0.2, -0.15) is 0 Å². The smallest absolute Gasteiger partial charge is 0.268 e. The maximum atomic E-state index is 12.4. The molecular weight excluding hydrogens is 308 g/mol. The topological polar surface area (TPSA) is 43.3 Å². The second-order valence-corrected chi connectivity index (χ2v) is 6.07. The fraction of sp³-hybridized carbons (Fsp3) is 0.643. The molecular formula is C14H21BrN2O2. The van der Waals surface area contributed by atoms with Gasteiger partial charge in [0, 0.05) is 29.9 Å². The van der Waals surface area contributed by atoms with Gasteiger partial charge in [0.25, 0.3) is 5.91 Å². The Morgan fingerprint density at radius 3 is 3.11 bits per heavy atom. The van der Waals surface area contributed by atoms with Gasteiger partial charge >= 0.3 is 0 Å². The van der Waals surface area contributed by atoms with E-state index in [-0.39, 0.29) is 11.9 Å². The highest BCUT2D eigenvalue weighted by Gasteiger charge is 2.25. The van der Waals surface area contributed by atoms with E-state index in [0.29, 0.717) is 5.92 Å². The highest BCUT2D eigenvalue weighted by Crippen LogP contribution is 2.18. The van der Waals surface area contributed by atoms with E-state index in [1.165, 1.54) is 0 Å². The number of hydrogen-bond donors (Lipinski definition) is 1. The molecule has 1 amide bonds. The molecule has 1 aliphatic rings. The molecule has 4 nitrogen and oxygen atoms in total. The van der Waals surface area contributed by atoms with Crippen molar-refractivity contribution in [2.24, 2.45) is 5.92 Å². The number of aromatic nitrogens is 1. The molecule has 5 heteroatoms. The molecule has 19 heavy (non-hydrogen) atoms. The number of nitrogens with zero attached hydrogens (tertiary/aromatic N) is 1. The quantitative estimate of drug-likeness (QED) is 0.923. The van der Waals surface area contributed by atoms with Gasteiger partial charge in [0.2, 0.25) is 0 Å². The molecule has 0 radical (unpaired) electrons. The lowest BCUT2D eigenvalue weighted by molar-refractivity contribution is 0.0373. The Morgan fingerprint density at radius 1 is 1.63 bits per heavy atom. The van der Waals surface area contributed by atoms with Crippen LogP contribution in [0.2, 0.25) is 0 Å². The summed E-state index contributed by atoms with van der Waals surface area (Å²) < 4.78 is 8.36. The van der Waals surface area contributed by atoms with Gasteiger partial charge in [-0.3, -0.25) is 4.79 Å². The third-order valence-corrected chi connectivity index (χ3v) is 3.95. The number of aryl methyl sites for hydroxylation is 1. The van der Waals surface area contributed by atoms with Gasteiger partial charge in [0.05, 0.1) is 6.61 Å². The largest absolute Gasteiger partial charge is 0.381 e. The first-order valence-electron chi connectivity index (χ1n) is 6.86. The van der Waals surface area contributed by atoms with Crippen LogP contribution in [0.1, 0.15) is 37.2 Å². The molecule has 2 heterocycles. The summed E-state index contributed by atoms with van der Waals surface area (Å²) in [6.45, 7) is 6.54. The van der Waals surface area contributed by atoms with E-state index in [1.54, 1.807) is 0 Å². The minimum absolute atomic E-state index is 0.0119. The lowest BCUT2D eigenvalue weighted by Gasteiger charge is -2.29. The van der Waals surface area contributed by atoms with Crippen LogP contribution in [-0.4, -0.2) is 29.7 Å². The summed E-state index contributed by atoms with van der Waals surface area (Å²) in [5.41, 5.74) is 0.729. The average Bonchev–Trinajstić information content (AvgIpc) is 2.74. The summed E-state index contributed by atoms with van der Waals surface area (Å²) in [5.74, 6) is 0.383. The zero-order chi connectivity index (χ0) is 13.8. The number of hydrogen-bond acceptors (Lipinski definition) is 2. The van der Waals surface area contributed by atoms with Crippen molar-refractivity contribution in [1.29, 1.82) is 0 Å². The molecule has 0 spiro atoms. The molecule has 2 rings (SSSR count). The molecule has 1 aliphatic heterocycles. The van der Waals surface area contributed by atoms with Crippen LogP contribution in [0.25, 0.3) is 0 Å². The van der Waals surface area contributed by atoms with E-state index >= 15 is 0 Å². The van der Waals surface area contributed by atoms with E-state index < -0.39 is 0 Å². The monoisotopic (exact) mass is 328 g/mol. The number of nitrogens with one attached hydrogen (secondary N) is 1. The molecule has 1 fully saturated rings. The van der Waals surface area contributed by atoms with Crippen LogP contribution in [0.5, 0.6) is 0 Å². The van der Waals surface area contributed by atoms with Gasteiger partial charge in [-0.25, -0.2) is 0 Å². The van der Waals surface area contributed by atoms with E-state index in [2.05, 4.69) is 35.1 Å². The predicted octanol–water partition coefficient (Wildman–Crippen LogP) is 2.82. The Kier molecular flexibility index (Phi) is 5.05. The highest BCUT2D eigenvalue weighted by atomic mass is 79.9. The molecule has 0 bridgehead atoms. The molecule has 106 valence electrons. The first-order chi connectivity index (χ1) is 9.11. The third kappa shape index (κ3) is 3.60.